The van der Waals surface area contributed by atoms with Crippen molar-refractivity contribution in [3.05, 3.63) is 29.6 Å². The highest BCUT2D eigenvalue weighted by atomic mass is 16.2. The number of nitrogens with zero attached hydrogens (tertiary/aromatic N) is 2. The highest BCUT2D eigenvalue weighted by molar-refractivity contribution is 5.94. The van der Waals surface area contributed by atoms with E-state index in [1.165, 1.54) is 0 Å². The SMILES string of the molecule is Cc1cccnc1C(=O)N1CCCC(C)C1CN. The van der Waals surface area contributed by atoms with Crippen LogP contribution in [-0.4, -0.2) is 34.9 Å². The first-order chi connectivity index (χ1) is 8.65. The quantitative estimate of drug-likeness (QED) is 0.863. The third-order valence-electron chi connectivity index (χ3n) is 3.83. The van der Waals surface area contributed by atoms with Gasteiger partial charge in [0.1, 0.15) is 5.69 Å². The molecule has 1 aliphatic rings. The minimum Gasteiger partial charge on any atom is -0.333 e. The van der Waals surface area contributed by atoms with Crippen molar-refractivity contribution in [1.82, 2.24) is 9.88 Å². The van der Waals surface area contributed by atoms with Crippen molar-refractivity contribution < 1.29 is 4.79 Å². The van der Waals surface area contributed by atoms with E-state index in [1.54, 1.807) is 6.20 Å². The molecular formula is C14H21N3O. The van der Waals surface area contributed by atoms with Crippen LogP contribution in [0.25, 0.3) is 0 Å². The summed E-state index contributed by atoms with van der Waals surface area (Å²) < 4.78 is 0. The predicted octanol–water partition coefficient (Wildman–Crippen LogP) is 1.59. The average Bonchev–Trinajstić information content (AvgIpc) is 2.38. The molecule has 1 aromatic heterocycles. The second-order valence-corrected chi connectivity index (χ2v) is 5.09. The molecular weight excluding hydrogens is 226 g/mol. The Morgan fingerprint density at radius 3 is 3.06 bits per heavy atom. The smallest absolute Gasteiger partial charge is 0.273 e. The molecule has 1 amide bonds. The van der Waals surface area contributed by atoms with Gasteiger partial charge < -0.3 is 10.6 Å². The van der Waals surface area contributed by atoms with Gasteiger partial charge in [-0.05, 0) is 37.3 Å². The van der Waals surface area contributed by atoms with Crippen LogP contribution < -0.4 is 5.73 Å². The van der Waals surface area contributed by atoms with Crippen LogP contribution in [0, 0.1) is 12.8 Å². The maximum absolute atomic E-state index is 12.5. The van der Waals surface area contributed by atoms with Gasteiger partial charge in [-0.1, -0.05) is 13.0 Å². The van der Waals surface area contributed by atoms with Crippen LogP contribution in [0.5, 0.6) is 0 Å². The zero-order chi connectivity index (χ0) is 13.1. The molecule has 2 heterocycles. The number of carbonyl (C=O) groups is 1. The highest BCUT2D eigenvalue weighted by Gasteiger charge is 2.32. The molecule has 1 saturated heterocycles. The second kappa shape index (κ2) is 5.48. The molecule has 0 radical (unpaired) electrons. The van der Waals surface area contributed by atoms with Crippen molar-refractivity contribution in [2.75, 3.05) is 13.1 Å². The molecule has 2 rings (SSSR count). The molecule has 2 unspecified atom stereocenters. The number of likely N-dealkylation sites (tertiary alicyclic amines) is 1. The van der Waals surface area contributed by atoms with Crippen LogP contribution in [0.1, 0.15) is 35.8 Å². The maximum atomic E-state index is 12.5. The largest absolute Gasteiger partial charge is 0.333 e. The van der Waals surface area contributed by atoms with Crippen LogP contribution >= 0.6 is 0 Å². The summed E-state index contributed by atoms with van der Waals surface area (Å²) >= 11 is 0. The van der Waals surface area contributed by atoms with Crippen molar-refractivity contribution >= 4 is 5.91 Å². The van der Waals surface area contributed by atoms with Crippen molar-refractivity contribution in [2.45, 2.75) is 32.7 Å². The molecule has 0 saturated carbocycles. The lowest BCUT2D eigenvalue weighted by atomic mass is 9.90. The molecule has 1 aromatic rings. The summed E-state index contributed by atoms with van der Waals surface area (Å²) in [5.74, 6) is 0.492. The first-order valence-electron chi connectivity index (χ1n) is 6.57. The Bertz CT molecular complexity index is 433. The van der Waals surface area contributed by atoms with Gasteiger partial charge >= 0.3 is 0 Å². The van der Waals surface area contributed by atoms with Crippen molar-refractivity contribution in [3.63, 3.8) is 0 Å². The average molecular weight is 247 g/mol. The van der Waals surface area contributed by atoms with E-state index in [4.69, 9.17) is 5.73 Å². The minimum absolute atomic E-state index is 0.0232. The molecule has 1 aliphatic heterocycles. The summed E-state index contributed by atoms with van der Waals surface area (Å²) in [6.07, 6.45) is 3.87. The van der Waals surface area contributed by atoms with Gasteiger partial charge in [0.25, 0.3) is 5.91 Å². The van der Waals surface area contributed by atoms with Crippen LogP contribution in [0.3, 0.4) is 0 Å². The normalized spacial score (nSPS) is 24.1. The number of aromatic nitrogens is 1. The summed E-state index contributed by atoms with van der Waals surface area (Å²) in [5.41, 5.74) is 7.31. The van der Waals surface area contributed by atoms with Crippen molar-refractivity contribution in [2.24, 2.45) is 11.7 Å². The van der Waals surface area contributed by atoms with Crippen molar-refractivity contribution in [1.29, 1.82) is 0 Å². The summed E-state index contributed by atoms with van der Waals surface area (Å²) in [7, 11) is 0. The van der Waals surface area contributed by atoms with E-state index in [9.17, 15) is 4.79 Å². The fourth-order valence-corrected chi connectivity index (χ4v) is 2.71. The molecule has 1 fully saturated rings. The molecule has 2 N–H and O–H groups in total. The molecule has 0 aromatic carbocycles. The Kier molecular flexibility index (Phi) is 3.97. The Morgan fingerprint density at radius 2 is 2.39 bits per heavy atom. The Balaban J connectivity index is 2.25. The monoisotopic (exact) mass is 247 g/mol. The van der Waals surface area contributed by atoms with Crippen LogP contribution in [0.2, 0.25) is 0 Å². The van der Waals surface area contributed by atoms with Gasteiger partial charge in [0.05, 0.1) is 0 Å². The number of carbonyl (C=O) groups excluding carboxylic acids is 1. The zero-order valence-electron chi connectivity index (χ0n) is 11.1. The zero-order valence-corrected chi connectivity index (χ0v) is 11.1. The minimum atomic E-state index is 0.0232. The predicted molar refractivity (Wildman–Crippen MR) is 71.3 cm³/mol. The lowest BCUT2D eigenvalue weighted by molar-refractivity contribution is 0.0526. The third kappa shape index (κ3) is 2.38. The summed E-state index contributed by atoms with van der Waals surface area (Å²) in [5, 5.41) is 0. The van der Waals surface area contributed by atoms with Gasteiger partial charge in [-0.2, -0.15) is 0 Å². The molecule has 2 atom stereocenters. The Morgan fingerprint density at radius 1 is 1.61 bits per heavy atom. The topological polar surface area (TPSA) is 59.2 Å². The molecule has 0 aliphatic carbocycles. The number of hydrogen-bond acceptors (Lipinski definition) is 3. The lowest BCUT2D eigenvalue weighted by Crippen LogP contribution is -2.51. The van der Waals surface area contributed by atoms with E-state index in [0.29, 0.717) is 18.2 Å². The summed E-state index contributed by atoms with van der Waals surface area (Å²) in [4.78, 5) is 18.7. The number of rotatable bonds is 2. The van der Waals surface area contributed by atoms with Gasteiger partial charge in [0.15, 0.2) is 0 Å². The first kappa shape index (κ1) is 13.0. The van der Waals surface area contributed by atoms with E-state index >= 15 is 0 Å². The van der Waals surface area contributed by atoms with Gasteiger partial charge in [-0.15, -0.1) is 0 Å². The fourth-order valence-electron chi connectivity index (χ4n) is 2.71. The summed E-state index contributed by atoms with van der Waals surface area (Å²) in [6.45, 7) is 5.41. The second-order valence-electron chi connectivity index (χ2n) is 5.09. The number of pyridine rings is 1. The van der Waals surface area contributed by atoms with Crippen LogP contribution in [-0.2, 0) is 0 Å². The number of amides is 1. The van der Waals surface area contributed by atoms with E-state index < -0.39 is 0 Å². The van der Waals surface area contributed by atoms with Gasteiger partial charge in [-0.3, -0.25) is 9.78 Å². The molecule has 98 valence electrons. The summed E-state index contributed by atoms with van der Waals surface area (Å²) in [6, 6.07) is 3.92. The van der Waals surface area contributed by atoms with Crippen molar-refractivity contribution in [3.8, 4) is 0 Å². The van der Waals surface area contributed by atoms with Gasteiger partial charge in [-0.25, -0.2) is 0 Å². The molecule has 4 nitrogen and oxygen atoms in total. The Labute approximate surface area is 108 Å². The van der Waals surface area contributed by atoms with Gasteiger partial charge in [0.2, 0.25) is 0 Å². The van der Waals surface area contributed by atoms with Crippen LogP contribution in [0.4, 0.5) is 0 Å². The standard InChI is InChI=1S/C14H21N3O/c1-10-6-4-8-17(12(10)9-15)14(18)13-11(2)5-3-7-16-13/h3,5,7,10,12H,4,6,8-9,15H2,1-2H3. The number of hydrogen-bond donors (Lipinski definition) is 1. The van der Waals surface area contributed by atoms with E-state index in [1.807, 2.05) is 24.0 Å². The maximum Gasteiger partial charge on any atom is 0.273 e. The van der Waals surface area contributed by atoms with Crippen LogP contribution in [0.15, 0.2) is 18.3 Å². The fraction of sp³-hybridized carbons (Fsp3) is 0.571. The van der Waals surface area contributed by atoms with E-state index in [2.05, 4.69) is 11.9 Å². The van der Waals surface area contributed by atoms with Gasteiger partial charge in [0, 0.05) is 25.3 Å². The first-order valence-corrected chi connectivity index (χ1v) is 6.57. The molecule has 0 spiro atoms. The molecule has 18 heavy (non-hydrogen) atoms. The number of nitrogens with two attached hydrogens (primary N) is 1. The Hall–Kier alpha value is -1.42. The number of piperidine rings is 1. The third-order valence-corrected chi connectivity index (χ3v) is 3.83. The molecule has 0 bridgehead atoms. The van der Waals surface area contributed by atoms with E-state index in [0.717, 1.165) is 24.9 Å². The molecule has 4 heteroatoms. The highest BCUT2D eigenvalue weighted by Crippen LogP contribution is 2.24. The number of aryl methyl sites for hydroxylation is 1. The lowest BCUT2D eigenvalue weighted by Gasteiger charge is -2.39. The van der Waals surface area contributed by atoms with E-state index in [-0.39, 0.29) is 11.9 Å².